The summed E-state index contributed by atoms with van der Waals surface area (Å²) in [5.74, 6) is -0.519. The largest absolute Gasteiger partial charge is 0.387 e. The maximum absolute atomic E-state index is 14.0. The molecule has 4 nitrogen and oxygen atoms in total. The molecule has 7 heteroatoms. The van der Waals surface area contributed by atoms with Gasteiger partial charge in [-0.25, -0.2) is 12.8 Å². The van der Waals surface area contributed by atoms with Gasteiger partial charge in [0.2, 0.25) is 10.0 Å². The Bertz CT molecular complexity index is 836. The molecule has 23 heavy (non-hydrogen) atoms. The van der Waals surface area contributed by atoms with Gasteiger partial charge in [0.25, 0.3) is 0 Å². The first-order valence-corrected chi connectivity index (χ1v) is 8.83. The molecule has 1 aliphatic heterocycles. The van der Waals surface area contributed by atoms with E-state index in [2.05, 4.69) is 0 Å². The van der Waals surface area contributed by atoms with Crippen LogP contribution in [-0.4, -0.2) is 30.9 Å². The van der Waals surface area contributed by atoms with Crippen LogP contribution in [0.2, 0.25) is 5.02 Å². The first-order valence-electron chi connectivity index (χ1n) is 7.02. The molecule has 0 saturated heterocycles. The second kappa shape index (κ2) is 5.87. The van der Waals surface area contributed by atoms with Crippen LogP contribution in [0.5, 0.6) is 0 Å². The minimum Gasteiger partial charge on any atom is -0.387 e. The fourth-order valence-electron chi connectivity index (χ4n) is 2.88. The zero-order chi connectivity index (χ0) is 16.8. The van der Waals surface area contributed by atoms with Crippen LogP contribution in [0.4, 0.5) is 4.39 Å². The van der Waals surface area contributed by atoms with Gasteiger partial charge < -0.3 is 5.11 Å². The quantitative estimate of drug-likeness (QED) is 0.901. The molecule has 0 aliphatic carbocycles. The van der Waals surface area contributed by atoms with Crippen LogP contribution in [0.25, 0.3) is 0 Å². The standard InChI is InChI=1S/C16H15ClFNO3S/c1-19-14(9-11-12(17)6-4-7-13(11)18)16(20)10-5-2-3-8-15(10)23(19,21)22/h2-8,14,16,20H,9H2,1H3. The van der Waals surface area contributed by atoms with Crippen molar-refractivity contribution in [2.24, 2.45) is 0 Å². The monoisotopic (exact) mass is 355 g/mol. The fourth-order valence-corrected chi connectivity index (χ4v) is 4.71. The normalized spacial score (nSPS) is 23.5. The minimum atomic E-state index is -3.74. The van der Waals surface area contributed by atoms with E-state index in [1.165, 1.54) is 31.3 Å². The highest BCUT2D eigenvalue weighted by atomic mass is 35.5. The van der Waals surface area contributed by atoms with E-state index < -0.39 is 28.0 Å². The lowest BCUT2D eigenvalue weighted by molar-refractivity contribution is 0.0887. The zero-order valence-electron chi connectivity index (χ0n) is 12.3. The summed E-state index contributed by atoms with van der Waals surface area (Å²) in [5.41, 5.74) is 0.516. The molecular weight excluding hydrogens is 341 g/mol. The number of benzene rings is 2. The Hall–Kier alpha value is -1.47. The second-order valence-corrected chi connectivity index (χ2v) is 7.85. The number of likely N-dealkylation sites (N-methyl/N-ethyl adjacent to an activating group) is 1. The minimum absolute atomic E-state index is 0.0171. The smallest absolute Gasteiger partial charge is 0.243 e. The van der Waals surface area contributed by atoms with Gasteiger partial charge in [0.1, 0.15) is 5.82 Å². The molecular formula is C16H15ClFNO3S. The van der Waals surface area contributed by atoms with Gasteiger partial charge in [-0.1, -0.05) is 35.9 Å². The highest BCUT2D eigenvalue weighted by Crippen LogP contribution is 2.37. The van der Waals surface area contributed by atoms with Crippen molar-refractivity contribution >= 4 is 21.6 Å². The maximum Gasteiger partial charge on any atom is 0.243 e. The Morgan fingerprint density at radius 1 is 1.22 bits per heavy atom. The third-order valence-corrected chi connectivity index (χ3v) is 6.51. The summed E-state index contributed by atoms with van der Waals surface area (Å²) in [6, 6.07) is 9.74. The molecule has 1 N–H and O–H groups in total. The summed E-state index contributed by atoms with van der Waals surface area (Å²) in [4.78, 5) is 0.0749. The summed E-state index contributed by atoms with van der Waals surface area (Å²) >= 11 is 6.03. The lowest BCUT2D eigenvalue weighted by atomic mass is 9.95. The van der Waals surface area contributed by atoms with Crippen molar-refractivity contribution in [3.8, 4) is 0 Å². The van der Waals surface area contributed by atoms with Crippen LogP contribution in [0.1, 0.15) is 17.2 Å². The third kappa shape index (κ3) is 2.65. The predicted octanol–water partition coefficient (Wildman–Crippen LogP) is 2.76. The zero-order valence-corrected chi connectivity index (χ0v) is 13.9. The molecule has 0 fully saturated rings. The lowest BCUT2D eigenvalue weighted by Crippen LogP contribution is -2.46. The number of halogens is 2. The molecule has 2 atom stereocenters. The lowest BCUT2D eigenvalue weighted by Gasteiger charge is -2.37. The van der Waals surface area contributed by atoms with Crippen LogP contribution in [0.3, 0.4) is 0 Å². The topological polar surface area (TPSA) is 57.6 Å². The van der Waals surface area contributed by atoms with Gasteiger partial charge >= 0.3 is 0 Å². The first kappa shape index (κ1) is 16.4. The number of nitrogens with zero attached hydrogens (tertiary/aromatic N) is 1. The molecule has 3 rings (SSSR count). The van der Waals surface area contributed by atoms with Crippen molar-refractivity contribution in [2.75, 3.05) is 7.05 Å². The summed E-state index contributed by atoms with van der Waals surface area (Å²) in [6.07, 6.45) is -1.08. The van der Waals surface area contributed by atoms with Crippen molar-refractivity contribution < 1.29 is 17.9 Å². The van der Waals surface area contributed by atoms with Crippen molar-refractivity contribution in [3.05, 3.63) is 64.4 Å². The maximum atomic E-state index is 14.0. The average molecular weight is 356 g/mol. The van der Waals surface area contributed by atoms with E-state index in [0.717, 1.165) is 4.31 Å². The molecule has 0 aromatic heterocycles. The molecule has 0 saturated carbocycles. The highest BCUT2D eigenvalue weighted by Gasteiger charge is 2.41. The molecule has 0 spiro atoms. The number of rotatable bonds is 2. The number of sulfonamides is 1. The molecule has 2 aromatic rings. The molecule has 0 radical (unpaired) electrons. The molecule has 0 amide bonds. The fraction of sp³-hybridized carbons (Fsp3) is 0.250. The molecule has 2 aromatic carbocycles. The number of hydrogen-bond acceptors (Lipinski definition) is 3. The van der Waals surface area contributed by atoms with Crippen molar-refractivity contribution in [3.63, 3.8) is 0 Å². The Morgan fingerprint density at radius 2 is 1.91 bits per heavy atom. The molecule has 1 heterocycles. The van der Waals surface area contributed by atoms with Gasteiger partial charge in [-0.2, -0.15) is 4.31 Å². The van der Waals surface area contributed by atoms with Crippen LogP contribution in [0, 0.1) is 5.82 Å². The van der Waals surface area contributed by atoms with Gasteiger partial charge in [0.15, 0.2) is 0 Å². The van der Waals surface area contributed by atoms with E-state index in [0.29, 0.717) is 5.56 Å². The van der Waals surface area contributed by atoms with Gasteiger partial charge in [-0.3, -0.25) is 0 Å². The number of aliphatic hydroxyl groups is 1. The SMILES string of the molecule is CN1C(Cc2c(F)cccc2Cl)C(O)c2ccccc2S1(=O)=O. The summed E-state index contributed by atoms with van der Waals surface area (Å²) in [7, 11) is -2.36. The summed E-state index contributed by atoms with van der Waals surface area (Å²) in [6.45, 7) is 0. The second-order valence-electron chi connectivity index (χ2n) is 5.48. The molecule has 2 unspecified atom stereocenters. The van der Waals surface area contributed by atoms with Crippen molar-refractivity contribution in [1.29, 1.82) is 0 Å². The number of hydrogen-bond donors (Lipinski definition) is 1. The summed E-state index contributed by atoms with van der Waals surface area (Å²) in [5, 5.41) is 10.8. The Morgan fingerprint density at radius 3 is 2.61 bits per heavy atom. The van der Waals surface area contributed by atoms with Gasteiger partial charge in [-0.15, -0.1) is 0 Å². The predicted molar refractivity (Wildman–Crippen MR) is 85.3 cm³/mol. The first-order chi connectivity index (χ1) is 10.8. The van der Waals surface area contributed by atoms with E-state index >= 15 is 0 Å². The van der Waals surface area contributed by atoms with E-state index in [1.54, 1.807) is 18.2 Å². The van der Waals surface area contributed by atoms with Crippen LogP contribution in [-0.2, 0) is 16.4 Å². The number of aliphatic hydroxyl groups excluding tert-OH is 1. The number of fused-ring (bicyclic) bond motifs is 1. The Balaban J connectivity index is 2.08. The Labute approximate surface area is 139 Å². The van der Waals surface area contributed by atoms with E-state index in [-0.39, 0.29) is 21.9 Å². The van der Waals surface area contributed by atoms with Gasteiger partial charge in [0, 0.05) is 23.2 Å². The van der Waals surface area contributed by atoms with Gasteiger partial charge in [-0.05, 0) is 24.6 Å². The van der Waals surface area contributed by atoms with E-state index in [9.17, 15) is 17.9 Å². The summed E-state index contributed by atoms with van der Waals surface area (Å²) < 4.78 is 40.3. The van der Waals surface area contributed by atoms with Crippen molar-refractivity contribution in [1.82, 2.24) is 4.31 Å². The average Bonchev–Trinajstić information content (AvgIpc) is 2.52. The van der Waals surface area contributed by atoms with Crippen molar-refractivity contribution in [2.45, 2.75) is 23.5 Å². The van der Waals surface area contributed by atoms with Crippen LogP contribution >= 0.6 is 11.6 Å². The van der Waals surface area contributed by atoms with Crippen LogP contribution < -0.4 is 0 Å². The molecule has 1 aliphatic rings. The third-order valence-electron chi connectivity index (χ3n) is 4.20. The van der Waals surface area contributed by atoms with Gasteiger partial charge in [0.05, 0.1) is 17.0 Å². The highest BCUT2D eigenvalue weighted by molar-refractivity contribution is 7.89. The van der Waals surface area contributed by atoms with E-state index in [1.807, 2.05) is 0 Å². The van der Waals surface area contributed by atoms with E-state index in [4.69, 9.17) is 11.6 Å². The van der Waals surface area contributed by atoms with Crippen LogP contribution in [0.15, 0.2) is 47.4 Å². The Kier molecular flexibility index (Phi) is 4.18. The molecule has 122 valence electrons. The molecule has 0 bridgehead atoms.